The van der Waals surface area contributed by atoms with Gasteiger partial charge >= 0.3 is 0 Å². The number of anilines is 1. The van der Waals surface area contributed by atoms with Gasteiger partial charge in [0.2, 0.25) is 0 Å². The molecule has 132 valence electrons. The van der Waals surface area contributed by atoms with Gasteiger partial charge in [-0.1, -0.05) is 42.5 Å². The molecule has 3 aromatic carbocycles. The molecule has 0 fully saturated rings. The fraction of sp³-hybridized carbons (Fsp3) is 0.0870. The highest BCUT2D eigenvalue weighted by Gasteiger charge is 2.15. The highest BCUT2D eigenvalue weighted by atomic mass is 16.1. The Morgan fingerprint density at radius 3 is 2.37 bits per heavy atom. The first kappa shape index (κ1) is 18.1. The number of hydrogen-bond acceptors (Lipinski definition) is 3. The van der Waals surface area contributed by atoms with E-state index in [9.17, 15) is 9.59 Å². The van der Waals surface area contributed by atoms with Gasteiger partial charge in [-0.2, -0.15) is 5.26 Å². The summed E-state index contributed by atoms with van der Waals surface area (Å²) in [6.07, 6.45) is 0.159. The molecule has 0 saturated heterocycles. The summed E-state index contributed by atoms with van der Waals surface area (Å²) in [5.74, 6) is -0.370. The van der Waals surface area contributed by atoms with Crippen LogP contribution in [-0.4, -0.2) is 11.7 Å². The van der Waals surface area contributed by atoms with Gasteiger partial charge in [0.1, 0.15) is 0 Å². The monoisotopic (exact) mass is 354 g/mol. The molecule has 27 heavy (non-hydrogen) atoms. The van der Waals surface area contributed by atoms with Crippen molar-refractivity contribution >= 4 is 17.4 Å². The Labute approximate surface area is 158 Å². The number of hydrogen-bond donors (Lipinski definition) is 1. The van der Waals surface area contributed by atoms with Crippen LogP contribution in [0.3, 0.4) is 0 Å². The lowest BCUT2D eigenvalue weighted by Crippen LogP contribution is -2.16. The van der Waals surface area contributed by atoms with E-state index in [1.165, 1.54) is 0 Å². The maximum absolute atomic E-state index is 12.8. The number of aryl methyl sites for hydroxylation is 1. The van der Waals surface area contributed by atoms with Crippen LogP contribution in [0.4, 0.5) is 5.69 Å². The van der Waals surface area contributed by atoms with Crippen LogP contribution in [0, 0.1) is 18.3 Å². The number of amides is 1. The molecule has 0 radical (unpaired) electrons. The molecule has 3 aromatic rings. The van der Waals surface area contributed by atoms with Crippen LogP contribution in [0.2, 0.25) is 0 Å². The van der Waals surface area contributed by atoms with Crippen molar-refractivity contribution in [2.24, 2.45) is 0 Å². The van der Waals surface area contributed by atoms with Gasteiger partial charge in [0.05, 0.1) is 17.3 Å². The van der Waals surface area contributed by atoms with Gasteiger partial charge in [0, 0.05) is 17.5 Å². The van der Waals surface area contributed by atoms with Crippen molar-refractivity contribution in [1.29, 1.82) is 5.26 Å². The minimum atomic E-state index is -0.250. The summed E-state index contributed by atoms with van der Waals surface area (Å²) in [4.78, 5) is 25.4. The summed E-state index contributed by atoms with van der Waals surface area (Å²) in [5.41, 5.74) is 3.64. The van der Waals surface area contributed by atoms with E-state index in [1.807, 2.05) is 25.1 Å². The molecule has 1 amide bonds. The third kappa shape index (κ3) is 4.28. The number of carbonyl (C=O) groups is 2. The van der Waals surface area contributed by atoms with Gasteiger partial charge in [-0.25, -0.2) is 0 Å². The standard InChI is InChI=1S/C23H18N2O2/c1-16-7-2-3-10-19(16)23(27)25-21-12-5-4-11-20(21)22(26)14-17-8-6-9-18(13-17)15-24/h2-13H,14H2,1H3,(H,25,27). The third-order valence-electron chi connectivity index (χ3n) is 4.29. The molecule has 0 atom stereocenters. The summed E-state index contributed by atoms with van der Waals surface area (Å²) in [7, 11) is 0. The van der Waals surface area contributed by atoms with Gasteiger partial charge < -0.3 is 5.32 Å². The van der Waals surface area contributed by atoms with Gasteiger partial charge in [-0.3, -0.25) is 9.59 Å². The van der Waals surface area contributed by atoms with Crippen LogP contribution in [-0.2, 0) is 6.42 Å². The number of nitrogens with zero attached hydrogens (tertiary/aromatic N) is 1. The quantitative estimate of drug-likeness (QED) is 0.684. The zero-order valence-corrected chi connectivity index (χ0v) is 14.9. The van der Waals surface area contributed by atoms with Crippen molar-refractivity contribution in [3.8, 4) is 6.07 Å². The number of rotatable bonds is 5. The molecule has 0 aliphatic carbocycles. The average Bonchev–Trinajstić information content (AvgIpc) is 2.68. The Balaban J connectivity index is 1.83. The zero-order valence-electron chi connectivity index (χ0n) is 14.9. The third-order valence-corrected chi connectivity index (χ3v) is 4.29. The van der Waals surface area contributed by atoms with E-state index in [0.717, 1.165) is 11.1 Å². The Kier molecular flexibility index (Phi) is 5.44. The number of ketones is 1. The minimum absolute atomic E-state index is 0.120. The SMILES string of the molecule is Cc1ccccc1C(=O)Nc1ccccc1C(=O)Cc1cccc(C#N)c1. The molecule has 0 spiro atoms. The number of benzene rings is 3. The van der Waals surface area contributed by atoms with Crippen LogP contribution < -0.4 is 5.32 Å². The molecule has 4 heteroatoms. The molecule has 4 nitrogen and oxygen atoms in total. The first-order chi connectivity index (χ1) is 13.1. The normalized spacial score (nSPS) is 10.1. The molecule has 1 N–H and O–H groups in total. The predicted octanol–water partition coefficient (Wildman–Crippen LogP) is 4.54. The van der Waals surface area contributed by atoms with Crippen molar-refractivity contribution < 1.29 is 9.59 Å². The van der Waals surface area contributed by atoms with E-state index < -0.39 is 0 Å². The second kappa shape index (κ2) is 8.11. The maximum Gasteiger partial charge on any atom is 0.255 e. The van der Waals surface area contributed by atoms with Crippen molar-refractivity contribution in [3.05, 3.63) is 101 Å². The molecule has 0 saturated carbocycles. The van der Waals surface area contributed by atoms with Crippen LogP contribution in [0.5, 0.6) is 0 Å². The van der Waals surface area contributed by atoms with Gasteiger partial charge in [0.15, 0.2) is 5.78 Å². The lowest BCUT2D eigenvalue weighted by atomic mass is 10.00. The summed E-state index contributed by atoms with van der Waals surface area (Å²) < 4.78 is 0. The first-order valence-corrected chi connectivity index (χ1v) is 8.57. The van der Waals surface area contributed by atoms with E-state index in [1.54, 1.807) is 54.6 Å². The zero-order chi connectivity index (χ0) is 19.2. The van der Waals surface area contributed by atoms with Crippen LogP contribution in [0.25, 0.3) is 0 Å². The largest absolute Gasteiger partial charge is 0.321 e. The number of nitriles is 1. The lowest BCUT2D eigenvalue weighted by Gasteiger charge is -2.12. The predicted molar refractivity (Wildman–Crippen MR) is 105 cm³/mol. The first-order valence-electron chi connectivity index (χ1n) is 8.57. The Bertz CT molecular complexity index is 1050. The van der Waals surface area contributed by atoms with Crippen LogP contribution in [0.15, 0.2) is 72.8 Å². The fourth-order valence-electron chi connectivity index (χ4n) is 2.88. The second-order valence-corrected chi connectivity index (χ2v) is 6.23. The number of Topliss-reactive ketones (excluding diaryl/α,β-unsaturated/α-hetero) is 1. The summed E-state index contributed by atoms with van der Waals surface area (Å²) in [6, 6.07) is 23.3. The number of para-hydroxylation sites is 1. The highest BCUT2D eigenvalue weighted by molar-refractivity contribution is 6.10. The van der Waals surface area contributed by atoms with Gasteiger partial charge in [-0.15, -0.1) is 0 Å². The topological polar surface area (TPSA) is 70.0 Å². The van der Waals surface area contributed by atoms with E-state index in [4.69, 9.17) is 5.26 Å². The van der Waals surface area contributed by atoms with E-state index in [0.29, 0.717) is 22.4 Å². The average molecular weight is 354 g/mol. The summed E-state index contributed by atoms with van der Waals surface area (Å²) in [5, 5.41) is 11.8. The second-order valence-electron chi connectivity index (χ2n) is 6.23. The molecular formula is C23H18N2O2. The summed E-state index contributed by atoms with van der Waals surface area (Å²) >= 11 is 0. The van der Waals surface area contributed by atoms with Crippen LogP contribution in [0.1, 0.15) is 37.4 Å². The van der Waals surface area contributed by atoms with E-state index in [-0.39, 0.29) is 18.1 Å². The van der Waals surface area contributed by atoms with Crippen LogP contribution >= 0.6 is 0 Å². The Morgan fingerprint density at radius 2 is 1.63 bits per heavy atom. The van der Waals surface area contributed by atoms with Crippen molar-refractivity contribution in [3.63, 3.8) is 0 Å². The van der Waals surface area contributed by atoms with Gasteiger partial charge in [0.25, 0.3) is 5.91 Å². The number of nitrogens with one attached hydrogen (secondary N) is 1. The Morgan fingerprint density at radius 1 is 0.926 bits per heavy atom. The van der Waals surface area contributed by atoms with Gasteiger partial charge in [-0.05, 0) is 48.4 Å². The molecule has 0 aliphatic heterocycles. The molecule has 0 bridgehead atoms. The molecule has 3 rings (SSSR count). The molecule has 0 heterocycles. The van der Waals surface area contributed by atoms with Crippen molar-refractivity contribution in [1.82, 2.24) is 0 Å². The Hall–Kier alpha value is -3.71. The minimum Gasteiger partial charge on any atom is -0.321 e. The number of carbonyl (C=O) groups excluding carboxylic acids is 2. The lowest BCUT2D eigenvalue weighted by molar-refractivity contribution is 0.0994. The maximum atomic E-state index is 12.8. The van der Waals surface area contributed by atoms with E-state index in [2.05, 4.69) is 11.4 Å². The summed E-state index contributed by atoms with van der Waals surface area (Å²) in [6.45, 7) is 1.87. The van der Waals surface area contributed by atoms with E-state index >= 15 is 0 Å². The van der Waals surface area contributed by atoms with Crippen molar-refractivity contribution in [2.75, 3.05) is 5.32 Å². The molecule has 0 aromatic heterocycles. The smallest absolute Gasteiger partial charge is 0.255 e. The molecular weight excluding hydrogens is 336 g/mol. The van der Waals surface area contributed by atoms with Crippen molar-refractivity contribution in [2.45, 2.75) is 13.3 Å². The molecule has 0 aliphatic rings. The fourth-order valence-corrected chi connectivity index (χ4v) is 2.88. The highest BCUT2D eigenvalue weighted by Crippen LogP contribution is 2.20. The molecule has 0 unspecified atom stereocenters.